The fraction of sp³-hybridized carbons (Fsp3) is 0.107. The van der Waals surface area contributed by atoms with Crippen molar-refractivity contribution < 1.29 is 33.4 Å². The summed E-state index contributed by atoms with van der Waals surface area (Å²) < 4.78 is 16.1. The number of anilines is 1. The zero-order valence-corrected chi connectivity index (χ0v) is 19.4. The van der Waals surface area contributed by atoms with E-state index in [1.54, 1.807) is 66.7 Å². The Balaban J connectivity index is 1.69. The summed E-state index contributed by atoms with van der Waals surface area (Å²) in [5.41, 5.74) is 1.31. The molecule has 0 saturated heterocycles. The van der Waals surface area contributed by atoms with E-state index in [0.29, 0.717) is 22.3 Å². The van der Waals surface area contributed by atoms with Gasteiger partial charge in [-0.15, -0.1) is 0 Å². The summed E-state index contributed by atoms with van der Waals surface area (Å²) >= 11 is 0. The molecule has 3 aromatic carbocycles. The molecule has 2 heterocycles. The van der Waals surface area contributed by atoms with Gasteiger partial charge in [0.15, 0.2) is 11.5 Å². The molecule has 8 heteroatoms. The Bertz CT molecular complexity index is 1520. The van der Waals surface area contributed by atoms with E-state index in [-0.39, 0.29) is 22.6 Å². The average Bonchev–Trinajstić information content (AvgIpc) is 3.46. The summed E-state index contributed by atoms with van der Waals surface area (Å²) in [6.07, 6.45) is 0. The minimum absolute atomic E-state index is 0.0180. The van der Waals surface area contributed by atoms with Crippen LogP contribution in [0.2, 0.25) is 0 Å². The molecule has 180 valence electrons. The van der Waals surface area contributed by atoms with Gasteiger partial charge in [-0.2, -0.15) is 0 Å². The monoisotopic (exact) mass is 483 g/mol. The third-order valence-electron chi connectivity index (χ3n) is 6.08. The standard InChI is InChI=1S/C28H21NO7/c1-34-21-13-6-4-11-19(21)24-23(25(30)22-15-16-8-3-5-12-20(16)36-22)26(31)27(32)29(24)18-10-7-9-17(14-18)28(33)35-2/h3-15,24,31H,1-2H3. The topological polar surface area (TPSA) is 106 Å². The van der Waals surface area contributed by atoms with Gasteiger partial charge in [-0.25, -0.2) is 4.79 Å². The molecule has 4 aromatic rings. The SMILES string of the molecule is COC(=O)c1cccc(N2C(=O)C(O)=C(C(=O)c3cc4ccccc4o3)C2c2ccccc2OC)c1. The van der Waals surface area contributed by atoms with Crippen molar-refractivity contribution in [2.45, 2.75) is 6.04 Å². The van der Waals surface area contributed by atoms with Crippen LogP contribution >= 0.6 is 0 Å². The van der Waals surface area contributed by atoms with Crippen LogP contribution in [0.3, 0.4) is 0 Å². The van der Waals surface area contributed by atoms with Gasteiger partial charge in [-0.1, -0.05) is 42.5 Å². The minimum Gasteiger partial charge on any atom is -0.503 e. The molecule has 8 nitrogen and oxygen atoms in total. The van der Waals surface area contributed by atoms with Crippen LogP contribution in [0.1, 0.15) is 32.5 Å². The zero-order chi connectivity index (χ0) is 25.4. The predicted octanol–water partition coefficient (Wildman–Crippen LogP) is 5.01. The number of benzene rings is 3. The first-order valence-corrected chi connectivity index (χ1v) is 11.1. The maximum Gasteiger partial charge on any atom is 0.337 e. The van der Waals surface area contributed by atoms with Crippen LogP contribution in [-0.4, -0.2) is 37.0 Å². The second kappa shape index (κ2) is 9.07. The summed E-state index contributed by atoms with van der Waals surface area (Å²) in [4.78, 5) is 40.6. The van der Waals surface area contributed by atoms with Crippen LogP contribution in [0.5, 0.6) is 5.75 Å². The molecule has 1 aromatic heterocycles. The number of ether oxygens (including phenoxy) is 2. The molecule has 1 aliphatic rings. The number of hydrogen-bond acceptors (Lipinski definition) is 7. The number of esters is 1. The molecule has 1 unspecified atom stereocenters. The van der Waals surface area contributed by atoms with Gasteiger partial charge < -0.3 is 19.0 Å². The first kappa shape index (κ1) is 22.9. The van der Waals surface area contributed by atoms with Gasteiger partial charge in [-0.05, 0) is 36.4 Å². The van der Waals surface area contributed by atoms with Crippen LogP contribution in [0, 0.1) is 0 Å². The lowest BCUT2D eigenvalue weighted by atomic mass is 9.94. The average molecular weight is 483 g/mol. The van der Waals surface area contributed by atoms with Gasteiger partial charge >= 0.3 is 5.97 Å². The van der Waals surface area contributed by atoms with Gasteiger partial charge in [0.1, 0.15) is 11.3 Å². The fourth-order valence-electron chi connectivity index (χ4n) is 4.42. The highest BCUT2D eigenvalue weighted by atomic mass is 16.5. The van der Waals surface area contributed by atoms with Gasteiger partial charge in [-0.3, -0.25) is 14.5 Å². The largest absolute Gasteiger partial charge is 0.503 e. The molecule has 36 heavy (non-hydrogen) atoms. The first-order chi connectivity index (χ1) is 17.4. The molecule has 0 radical (unpaired) electrons. The molecule has 0 aliphatic carbocycles. The van der Waals surface area contributed by atoms with Crippen LogP contribution in [0.15, 0.2) is 94.6 Å². The molecule has 0 bridgehead atoms. The quantitative estimate of drug-likeness (QED) is 0.303. The summed E-state index contributed by atoms with van der Waals surface area (Å²) in [5, 5.41) is 11.7. The predicted molar refractivity (Wildman–Crippen MR) is 131 cm³/mol. The van der Waals surface area contributed by atoms with E-state index < -0.39 is 29.5 Å². The number of aliphatic hydroxyl groups is 1. The lowest BCUT2D eigenvalue weighted by Crippen LogP contribution is -2.31. The number of furan rings is 1. The van der Waals surface area contributed by atoms with Crippen molar-refractivity contribution in [3.8, 4) is 5.75 Å². The van der Waals surface area contributed by atoms with Crippen molar-refractivity contribution >= 4 is 34.3 Å². The number of amides is 1. The number of carbonyl (C=O) groups excluding carboxylic acids is 3. The van der Waals surface area contributed by atoms with Crippen molar-refractivity contribution in [2.24, 2.45) is 0 Å². The molecule has 1 amide bonds. The molecule has 0 fully saturated rings. The van der Waals surface area contributed by atoms with E-state index in [1.807, 2.05) is 6.07 Å². The highest BCUT2D eigenvalue weighted by Gasteiger charge is 2.46. The summed E-state index contributed by atoms with van der Waals surface area (Å²) in [7, 11) is 2.73. The summed E-state index contributed by atoms with van der Waals surface area (Å²) in [6, 6.07) is 20.7. The Morgan fingerprint density at radius 3 is 2.44 bits per heavy atom. The van der Waals surface area contributed by atoms with Crippen molar-refractivity contribution in [1.29, 1.82) is 0 Å². The Kier molecular flexibility index (Phi) is 5.77. The fourth-order valence-corrected chi connectivity index (χ4v) is 4.42. The molecule has 1 N–H and O–H groups in total. The van der Waals surface area contributed by atoms with Crippen LogP contribution in [0.25, 0.3) is 11.0 Å². The van der Waals surface area contributed by atoms with Gasteiger partial charge in [0.25, 0.3) is 5.91 Å². The normalized spacial score (nSPS) is 15.4. The van der Waals surface area contributed by atoms with Gasteiger partial charge in [0.2, 0.25) is 5.78 Å². The summed E-state index contributed by atoms with van der Waals surface area (Å²) in [6.45, 7) is 0. The zero-order valence-electron chi connectivity index (χ0n) is 19.4. The second-order valence-corrected chi connectivity index (χ2v) is 8.10. The number of rotatable bonds is 6. The molecular weight excluding hydrogens is 462 g/mol. The minimum atomic E-state index is -1.05. The number of fused-ring (bicyclic) bond motifs is 1. The van der Waals surface area contributed by atoms with Crippen LogP contribution < -0.4 is 9.64 Å². The third-order valence-corrected chi connectivity index (χ3v) is 6.08. The van der Waals surface area contributed by atoms with Crippen molar-refractivity contribution in [1.82, 2.24) is 0 Å². The van der Waals surface area contributed by atoms with Crippen molar-refractivity contribution in [3.63, 3.8) is 0 Å². The maximum absolute atomic E-state index is 13.7. The maximum atomic E-state index is 13.7. The van der Waals surface area contributed by atoms with E-state index in [9.17, 15) is 19.5 Å². The lowest BCUT2D eigenvalue weighted by Gasteiger charge is -2.28. The molecule has 1 aliphatic heterocycles. The number of para-hydroxylation sites is 2. The highest BCUT2D eigenvalue weighted by Crippen LogP contribution is 2.45. The number of methoxy groups -OCH3 is 2. The van der Waals surface area contributed by atoms with Crippen molar-refractivity contribution in [3.05, 3.63) is 107 Å². The number of hydrogen-bond donors (Lipinski definition) is 1. The van der Waals surface area contributed by atoms with E-state index in [1.165, 1.54) is 25.2 Å². The van der Waals surface area contributed by atoms with E-state index >= 15 is 0 Å². The molecule has 0 saturated carbocycles. The van der Waals surface area contributed by atoms with Gasteiger partial charge in [0, 0.05) is 16.6 Å². The van der Waals surface area contributed by atoms with Gasteiger partial charge in [0.05, 0.1) is 31.4 Å². The summed E-state index contributed by atoms with van der Waals surface area (Å²) in [5.74, 6) is -2.34. The van der Waals surface area contributed by atoms with E-state index in [2.05, 4.69) is 0 Å². The third kappa shape index (κ3) is 3.69. The van der Waals surface area contributed by atoms with E-state index in [4.69, 9.17) is 13.9 Å². The first-order valence-electron chi connectivity index (χ1n) is 11.1. The lowest BCUT2D eigenvalue weighted by molar-refractivity contribution is -0.117. The van der Waals surface area contributed by atoms with Crippen LogP contribution in [0.4, 0.5) is 5.69 Å². The van der Waals surface area contributed by atoms with Crippen molar-refractivity contribution in [2.75, 3.05) is 19.1 Å². The number of nitrogens with zero attached hydrogens (tertiary/aromatic N) is 1. The number of aliphatic hydroxyl groups excluding tert-OH is 1. The Hall–Kier alpha value is -4.85. The van der Waals surface area contributed by atoms with Crippen LogP contribution in [-0.2, 0) is 9.53 Å². The number of Topliss-reactive ketones (excluding diaryl/α,β-unsaturated/α-hetero) is 1. The Morgan fingerprint density at radius 2 is 1.69 bits per heavy atom. The number of ketones is 1. The Morgan fingerprint density at radius 1 is 0.944 bits per heavy atom. The number of carbonyl (C=O) groups is 3. The Labute approximate surface area is 206 Å². The molecule has 0 spiro atoms. The molecule has 1 atom stereocenters. The molecule has 5 rings (SSSR count). The van der Waals surface area contributed by atoms with E-state index in [0.717, 1.165) is 0 Å². The molecular formula is C28H21NO7. The smallest absolute Gasteiger partial charge is 0.337 e. The highest BCUT2D eigenvalue weighted by molar-refractivity contribution is 6.21. The second-order valence-electron chi connectivity index (χ2n) is 8.10.